The molecule has 8 heteroatoms. The molecule has 2 rings (SSSR count). The minimum Gasteiger partial charge on any atom is -0.331 e. The molecule has 0 saturated carbocycles. The summed E-state index contributed by atoms with van der Waals surface area (Å²) in [6.07, 6.45) is 1.40. The number of anilines is 1. The predicted molar refractivity (Wildman–Crippen MR) is 83.6 cm³/mol. The van der Waals surface area contributed by atoms with Gasteiger partial charge < -0.3 is 5.32 Å². The van der Waals surface area contributed by atoms with Crippen LogP contribution in [-0.4, -0.2) is 11.0 Å². The first kappa shape index (κ1) is 16.8. The number of nitriles is 1. The van der Waals surface area contributed by atoms with Crippen molar-refractivity contribution in [2.24, 2.45) is 0 Å². The van der Waals surface area contributed by atoms with Crippen molar-refractivity contribution in [1.29, 1.82) is 5.26 Å². The summed E-state index contributed by atoms with van der Waals surface area (Å²) in [6, 6.07) is 5.63. The number of benzene rings is 1. The molecule has 5 nitrogen and oxygen atoms in total. The van der Waals surface area contributed by atoms with E-state index in [1.807, 2.05) is 6.07 Å². The number of rotatable bonds is 3. The molecule has 0 aliphatic heterocycles. The van der Waals surface area contributed by atoms with Crippen molar-refractivity contribution >= 4 is 27.8 Å². The van der Waals surface area contributed by atoms with Crippen LogP contribution in [0.4, 0.5) is 19.4 Å². The Balaban J connectivity index is 2.04. The van der Waals surface area contributed by atoms with E-state index in [1.54, 1.807) is 6.92 Å². The molecule has 0 radical (unpaired) electrons. The molecule has 1 atom stereocenters. The highest BCUT2D eigenvalue weighted by Crippen LogP contribution is 2.18. The quantitative estimate of drug-likeness (QED) is 0.847. The summed E-state index contributed by atoms with van der Waals surface area (Å²) in [5, 5.41) is 14.0. The summed E-state index contributed by atoms with van der Waals surface area (Å²) in [6.45, 7) is 1.63. The van der Waals surface area contributed by atoms with Crippen molar-refractivity contribution in [3.63, 3.8) is 0 Å². The summed E-state index contributed by atoms with van der Waals surface area (Å²) in [5.41, 5.74) is 0.740. The van der Waals surface area contributed by atoms with Gasteiger partial charge in [-0.2, -0.15) is 5.26 Å². The number of hydrogen-bond acceptors (Lipinski definition) is 3. The van der Waals surface area contributed by atoms with E-state index < -0.39 is 23.7 Å². The fourth-order valence-corrected chi connectivity index (χ4v) is 2.11. The zero-order valence-electron chi connectivity index (χ0n) is 11.9. The lowest BCUT2D eigenvalue weighted by Crippen LogP contribution is -2.31. The second-order valence-electron chi connectivity index (χ2n) is 4.65. The van der Waals surface area contributed by atoms with E-state index in [2.05, 4.69) is 31.5 Å². The first-order valence-corrected chi connectivity index (χ1v) is 7.28. The number of aromatic nitrogens is 1. The van der Waals surface area contributed by atoms with Gasteiger partial charge in [0.15, 0.2) is 11.6 Å². The van der Waals surface area contributed by atoms with Crippen LogP contribution in [0.25, 0.3) is 0 Å². The molecule has 0 fully saturated rings. The minimum atomic E-state index is -0.982. The van der Waals surface area contributed by atoms with Crippen LogP contribution < -0.4 is 10.6 Å². The molecule has 2 aromatic rings. The number of amides is 2. The van der Waals surface area contributed by atoms with Gasteiger partial charge in [-0.05, 0) is 46.6 Å². The van der Waals surface area contributed by atoms with Crippen LogP contribution in [0.3, 0.4) is 0 Å². The maximum atomic E-state index is 13.2. The molecule has 118 valence electrons. The van der Waals surface area contributed by atoms with E-state index in [-0.39, 0.29) is 5.82 Å². The first-order chi connectivity index (χ1) is 10.9. The van der Waals surface area contributed by atoms with Crippen LogP contribution in [0.5, 0.6) is 0 Å². The van der Waals surface area contributed by atoms with E-state index in [9.17, 15) is 13.6 Å². The number of halogens is 3. The highest BCUT2D eigenvalue weighted by atomic mass is 79.9. The van der Waals surface area contributed by atoms with E-state index in [0.717, 1.165) is 12.1 Å². The number of nitrogens with one attached hydrogen (secondary N) is 2. The number of carbonyl (C=O) groups is 1. The molecule has 0 unspecified atom stereocenters. The molecule has 0 aliphatic carbocycles. The molecule has 0 aliphatic rings. The Morgan fingerprint density at radius 2 is 2.09 bits per heavy atom. The van der Waals surface area contributed by atoms with Gasteiger partial charge in [0.25, 0.3) is 0 Å². The summed E-state index contributed by atoms with van der Waals surface area (Å²) in [5.74, 6) is -1.74. The highest BCUT2D eigenvalue weighted by molar-refractivity contribution is 9.10. The van der Waals surface area contributed by atoms with Gasteiger partial charge in [-0.3, -0.25) is 5.32 Å². The Bertz CT molecular complexity index is 792. The molecule has 2 amide bonds. The molecule has 0 spiro atoms. The Kier molecular flexibility index (Phi) is 5.24. The Labute approximate surface area is 139 Å². The third-order valence-electron chi connectivity index (χ3n) is 3.01. The highest BCUT2D eigenvalue weighted by Gasteiger charge is 2.13. The number of carbonyl (C=O) groups excluding carboxylic acids is 1. The molecular weight excluding hydrogens is 370 g/mol. The number of pyridine rings is 1. The Hall–Kier alpha value is -2.53. The maximum absolute atomic E-state index is 13.2. The van der Waals surface area contributed by atoms with Gasteiger partial charge in [0.05, 0.1) is 16.1 Å². The number of nitrogens with zero attached hydrogens (tertiary/aromatic N) is 2. The Morgan fingerprint density at radius 3 is 2.74 bits per heavy atom. The number of urea groups is 1. The summed E-state index contributed by atoms with van der Waals surface area (Å²) in [7, 11) is 0. The van der Waals surface area contributed by atoms with Crippen LogP contribution >= 0.6 is 15.9 Å². The molecule has 23 heavy (non-hydrogen) atoms. The molecule has 0 bridgehead atoms. The zero-order chi connectivity index (χ0) is 17.0. The molecular formula is C15H11BrF2N4O. The molecule has 1 heterocycles. The fraction of sp³-hybridized carbons (Fsp3) is 0.133. The van der Waals surface area contributed by atoms with Gasteiger partial charge in [-0.15, -0.1) is 0 Å². The van der Waals surface area contributed by atoms with Crippen molar-refractivity contribution < 1.29 is 13.6 Å². The topological polar surface area (TPSA) is 77.8 Å². The fourth-order valence-electron chi connectivity index (χ4n) is 1.81. The van der Waals surface area contributed by atoms with E-state index in [1.165, 1.54) is 18.3 Å². The van der Waals surface area contributed by atoms with Crippen LogP contribution in [0.15, 0.2) is 34.9 Å². The van der Waals surface area contributed by atoms with Gasteiger partial charge in [0.1, 0.15) is 11.9 Å². The second kappa shape index (κ2) is 7.15. The average Bonchev–Trinajstić information content (AvgIpc) is 2.51. The molecule has 2 N–H and O–H groups in total. The lowest BCUT2D eigenvalue weighted by Gasteiger charge is -2.15. The SMILES string of the molecule is C[C@H](NC(=O)Nc1cc(C#N)c(Br)cn1)c1ccc(F)c(F)c1. The zero-order valence-corrected chi connectivity index (χ0v) is 13.5. The first-order valence-electron chi connectivity index (χ1n) is 6.49. The van der Waals surface area contributed by atoms with Crippen molar-refractivity contribution in [3.8, 4) is 6.07 Å². The largest absolute Gasteiger partial charge is 0.331 e. The summed E-state index contributed by atoms with van der Waals surface area (Å²) in [4.78, 5) is 15.9. The smallest absolute Gasteiger partial charge is 0.320 e. The van der Waals surface area contributed by atoms with Crippen LogP contribution in [-0.2, 0) is 0 Å². The van der Waals surface area contributed by atoms with Gasteiger partial charge in [-0.25, -0.2) is 18.6 Å². The summed E-state index contributed by atoms with van der Waals surface area (Å²) < 4.78 is 26.6. The monoisotopic (exact) mass is 380 g/mol. The van der Waals surface area contributed by atoms with Crippen molar-refractivity contribution in [3.05, 3.63) is 57.7 Å². The lowest BCUT2D eigenvalue weighted by molar-refractivity contribution is 0.249. The van der Waals surface area contributed by atoms with Crippen molar-refractivity contribution in [2.45, 2.75) is 13.0 Å². The predicted octanol–water partition coefficient (Wildman–Crippen LogP) is 3.88. The van der Waals surface area contributed by atoms with E-state index >= 15 is 0 Å². The van der Waals surface area contributed by atoms with Gasteiger partial charge in [-0.1, -0.05) is 6.07 Å². The second-order valence-corrected chi connectivity index (χ2v) is 5.51. The molecule has 0 saturated heterocycles. The van der Waals surface area contributed by atoms with Gasteiger partial charge in [0.2, 0.25) is 0 Å². The van der Waals surface area contributed by atoms with Crippen molar-refractivity contribution in [1.82, 2.24) is 10.3 Å². The van der Waals surface area contributed by atoms with E-state index in [0.29, 0.717) is 15.6 Å². The van der Waals surface area contributed by atoms with Crippen molar-refractivity contribution in [2.75, 3.05) is 5.32 Å². The standard InChI is InChI=1S/C15H11BrF2N4O/c1-8(9-2-3-12(17)13(18)4-9)21-15(23)22-14-5-10(6-19)11(16)7-20-14/h2-5,7-8H,1H3,(H2,20,21,22,23)/t8-/m0/s1. The normalized spacial score (nSPS) is 11.4. The molecule has 1 aromatic carbocycles. The molecule has 1 aromatic heterocycles. The van der Waals surface area contributed by atoms with Gasteiger partial charge >= 0.3 is 6.03 Å². The van der Waals surface area contributed by atoms with E-state index in [4.69, 9.17) is 5.26 Å². The third-order valence-corrected chi connectivity index (χ3v) is 3.64. The maximum Gasteiger partial charge on any atom is 0.320 e. The van der Waals surface area contributed by atoms with Crippen LogP contribution in [0.2, 0.25) is 0 Å². The van der Waals surface area contributed by atoms with Gasteiger partial charge in [0, 0.05) is 6.20 Å². The van der Waals surface area contributed by atoms with Crippen LogP contribution in [0, 0.1) is 23.0 Å². The summed E-state index contributed by atoms with van der Waals surface area (Å²) >= 11 is 3.16. The Morgan fingerprint density at radius 1 is 1.35 bits per heavy atom. The average molecular weight is 381 g/mol. The third kappa shape index (κ3) is 4.23. The minimum absolute atomic E-state index is 0.194. The number of hydrogen-bond donors (Lipinski definition) is 2. The lowest BCUT2D eigenvalue weighted by atomic mass is 10.1. The van der Waals surface area contributed by atoms with Crippen LogP contribution in [0.1, 0.15) is 24.1 Å².